The van der Waals surface area contributed by atoms with E-state index in [0.29, 0.717) is 17.4 Å². The summed E-state index contributed by atoms with van der Waals surface area (Å²) < 4.78 is 34.4. The Morgan fingerprint density at radius 2 is 1.79 bits per heavy atom. The molecule has 3 nitrogen and oxygen atoms in total. The van der Waals surface area contributed by atoms with E-state index >= 15 is 0 Å². The minimum atomic E-state index is -4.44. The molecule has 0 saturated heterocycles. The molecule has 0 fully saturated rings. The Morgan fingerprint density at radius 3 is 2.42 bits per heavy atom. The molecule has 0 amide bonds. The van der Waals surface area contributed by atoms with Crippen molar-refractivity contribution in [3.05, 3.63) is 42.0 Å². The molecular weight excluding hydrogens is 287 g/mol. The zero-order valence-corrected chi connectivity index (χ0v) is 15.2. The predicted octanol–water partition coefficient (Wildman–Crippen LogP) is 0.0905. The molecule has 0 atom stereocenters. The molecule has 0 heterocycles. The average molecular weight is 302 g/mol. The van der Waals surface area contributed by atoms with Gasteiger partial charge in [0.25, 0.3) is 0 Å². The second-order valence-electron chi connectivity index (χ2n) is 4.33. The standard InChI is InChI=1S/C14H16O3S.K/c1-2-3-6-12-10-9-11-7-4-5-8-13(11)14(12)18(15,16)17;/h4-5,7-10H,2-3,6H2,1H3,(H,15,16,17);/q;+1/p-1. The van der Waals surface area contributed by atoms with Crippen molar-refractivity contribution >= 4 is 20.9 Å². The molecule has 0 N–H and O–H groups in total. The van der Waals surface area contributed by atoms with Crippen molar-refractivity contribution in [3.63, 3.8) is 0 Å². The van der Waals surface area contributed by atoms with E-state index in [2.05, 4.69) is 0 Å². The fraction of sp³-hybridized carbons (Fsp3) is 0.286. The molecule has 0 aliphatic rings. The summed E-state index contributed by atoms with van der Waals surface area (Å²) in [6.07, 6.45) is 2.46. The van der Waals surface area contributed by atoms with Crippen LogP contribution in [0, 0.1) is 0 Å². The smallest absolute Gasteiger partial charge is 0.744 e. The first-order valence-corrected chi connectivity index (χ1v) is 7.41. The summed E-state index contributed by atoms with van der Waals surface area (Å²) in [6, 6.07) is 10.7. The van der Waals surface area contributed by atoms with Crippen LogP contribution >= 0.6 is 0 Å². The predicted molar refractivity (Wildman–Crippen MR) is 70.5 cm³/mol. The maximum absolute atomic E-state index is 11.5. The first-order chi connectivity index (χ1) is 8.54. The average Bonchev–Trinajstić information content (AvgIpc) is 2.34. The summed E-state index contributed by atoms with van der Waals surface area (Å²) >= 11 is 0. The summed E-state index contributed by atoms with van der Waals surface area (Å²) in [5, 5.41) is 1.31. The van der Waals surface area contributed by atoms with Gasteiger partial charge in [-0.3, -0.25) is 0 Å². The fourth-order valence-corrected chi connectivity index (χ4v) is 3.09. The molecule has 2 aromatic carbocycles. The Hall–Kier alpha value is 0.246. The quantitative estimate of drug-likeness (QED) is 0.594. The van der Waals surface area contributed by atoms with Crippen LogP contribution in [0.2, 0.25) is 0 Å². The van der Waals surface area contributed by atoms with Crippen LogP contribution in [0.1, 0.15) is 25.3 Å². The van der Waals surface area contributed by atoms with Gasteiger partial charge in [-0.05, 0) is 29.2 Å². The van der Waals surface area contributed by atoms with Crippen LogP contribution in [0.4, 0.5) is 0 Å². The summed E-state index contributed by atoms with van der Waals surface area (Å²) in [4.78, 5) is -0.0472. The summed E-state index contributed by atoms with van der Waals surface area (Å²) in [5.41, 5.74) is 0.630. The van der Waals surface area contributed by atoms with Crippen LogP contribution < -0.4 is 51.4 Å². The largest absolute Gasteiger partial charge is 1.00 e. The van der Waals surface area contributed by atoms with Gasteiger partial charge in [0.1, 0.15) is 10.1 Å². The Kier molecular flexibility index (Phi) is 6.66. The van der Waals surface area contributed by atoms with E-state index in [9.17, 15) is 13.0 Å². The van der Waals surface area contributed by atoms with E-state index in [4.69, 9.17) is 0 Å². The number of fused-ring (bicyclic) bond motifs is 1. The molecule has 0 aliphatic heterocycles. The van der Waals surface area contributed by atoms with Gasteiger partial charge >= 0.3 is 51.4 Å². The van der Waals surface area contributed by atoms with Crippen LogP contribution in [0.25, 0.3) is 10.8 Å². The molecule has 0 unspecified atom stereocenters. The molecule has 0 bridgehead atoms. The molecule has 0 saturated carbocycles. The van der Waals surface area contributed by atoms with Gasteiger partial charge in [-0.15, -0.1) is 0 Å². The zero-order chi connectivity index (χ0) is 13.2. The number of aryl methyl sites for hydroxylation is 1. The third-order valence-electron chi connectivity index (χ3n) is 3.01. The van der Waals surface area contributed by atoms with Gasteiger partial charge in [0.15, 0.2) is 0 Å². The molecule has 96 valence electrons. The molecule has 19 heavy (non-hydrogen) atoms. The van der Waals surface area contributed by atoms with Crippen LogP contribution in [0.3, 0.4) is 0 Å². The minimum Gasteiger partial charge on any atom is -0.744 e. The van der Waals surface area contributed by atoms with E-state index in [-0.39, 0.29) is 56.3 Å². The summed E-state index contributed by atoms with van der Waals surface area (Å²) in [6.45, 7) is 2.03. The van der Waals surface area contributed by atoms with E-state index in [1.807, 2.05) is 25.1 Å². The minimum absolute atomic E-state index is 0. The van der Waals surface area contributed by atoms with Crippen molar-refractivity contribution in [2.75, 3.05) is 0 Å². The fourth-order valence-electron chi connectivity index (χ4n) is 2.15. The monoisotopic (exact) mass is 302 g/mol. The van der Waals surface area contributed by atoms with Gasteiger partial charge in [0, 0.05) is 0 Å². The third kappa shape index (κ3) is 4.11. The second kappa shape index (κ2) is 7.31. The first kappa shape index (κ1) is 17.3. The van der Waals surface area contributed by atoms with E-state index in [0.717, 1.165) is 18.2 Å². The Morgan fingerprint density at radius 1 is 1.11 bits per heavy atom. The molecule has 0 radical (unpaired) electrons. The summed E-state index contributed by atoms with van der Waals surface area (Å²) in [7, 11) is -4.44. The topological polar surface area (TPSA) is 57.2 Å². The van der Waals surface area contributed by atoms with Gasteiger partial charge in [-0.1, -0.05) is 49.7 Å². The Balaban J connectivity index is 0.00000180. The molecule has 0 spiro atoms. The van der Waals surface area contributed by atoms with Crippen molar-refractivity contribution in [1.29, 1.82) is 0 Å². The molecule has 5 heteroatoms. The second-order valence-corrected chi connectivity index (χ2v) is 5.65. The molecule has 0 aliphatic carbocycles. The number of rotatable bonds is 4. The van der Waals surface area contributed by atoms with Crippen molar-refractivity contribution in [3.8, 4) is 0 Å². The van der Waals surface area contributed by atoms with Gasteiger partial charge in [0.05, 0.1) is 4.90 Å². The van der Waals surface area contributed by atoms with Gasteiger partial charge < -0.3 is 4.55 Å². The number of hydrogen-bond acceptors (Lipinski definition) is 3. The van der Waals surface area contributed by atoms with E-state index < -0.39 is 10.1 Å². The van der Waals surface area contributed by atoms with E-state index in [1.165, 1.54) is 0 Å². The molecular formula is C14H15KO3S. The van der Waals surface area contributed by atoms with Crippen molar-refractivity contribution in [2.45, 2.75) is 31.1 Å². The molecule has 0 aromatic heterocycles. The third-order valence-corrected chi connectivity index (χ3v) is 3.99. The molecule has 2 aromatic rings. The van der Waals surface area contributed by atoms with E-state index in [1.54, 1.807) is 18.2 Å². The van der Waals surface area contributed by atoms with Crippen LogP contribution in [0.15, 0.2) is 41.3 Å². The Bertz CT molecular complexity index is 665. The van der Waals surface area contributed by atoms with Crippen LogP contribution in [0.5, 0.6) is 0 Å². The van der Waals surface area contributed by atoms with Gasteiger partial charge in [-0.2, -0.15) is 0 Å². The Labute approximate surface area is 156 Å². The normalized spacial score (nSPS) is 11.3. The SMILES string of the molecule is CCCCc1ccc2ccccc2c1S(=O)(=O)[O-].[K+]. The van der Waals surface area contributed by atoms with Crippen LogP contribution in [-0.4, -0.2) is 13.0 Å². The zero-order valence-electron chi connectivity index (χ0n) is 11.2. The van der Waals surface area contributed by atoms with Gasteiger partial charge in [-0.25, -0.2) is 8.42 Å². The number of hydrogen-bond donors (Lipinski definition) is 0. The maximum Gasteiger partial charge on any atom is 1.00 e. The summed E-state index contributed by atoms with van der Waals surface area (Å²) in [5.74, 6) is 0. The van der Waals surface area contributed by atoms with Crippen molar-refractivity contribution in [2.24, 2.45) is 0 Å². The number of unbranched alkanes of at least 4 members (excludes halogenated alkanes) is 1. The van der Waals surface area contributed by atoms with Gasteiger partial charge in [0.2, 0.25) is 0 Å². The van der Waals surface area contributed by atoms with Crippen molar-refractivity contribution in [1.82, 2.24) is 0 Å². The number of benzene rings is 2. The van der Waals surface area contributed by atoms with Crippen molar-refractivity contribution < 1.29 is 64.4 Å². The maximum atomic E-state index is 11.5. The van der Waals surface area contributed by atoms with Crippen LogP contribution in [-0.2, 0) is 16.5 Å². The molecule has 2 rings (SSSR count). The first-order valence-electron chi connectivity index (χ1n) is 6.00.